The number of aliphatic hydroxyl groups is 1. The molecule has 1 amide bonds. The Bertz CT molecular complexity index is 1100. The Hall–Kier alpha value is -3.98. The summed E-state index contributed by atoms with van der Waals surface area (Å²) in [5, 5.41) is 20.4. The molecule has 0 spiro atoms. The van der Waals surface area contributed by atoms with Gasteiger partial charge in [-0.25, -0.2) is 9.78 Å². The lowest BCUT2D eigenvalue weighted by molar-refractivity contribution is -0.130. The molecule has 5 N–H and O–H groups in total. The number of likely N-dealkylation sites (N-methyl/N-ethyl adjacent to an activating group) is 1. The Balaban J connectivity index is 0.000000269. The minimum Gasteiger partial charge on any atom is -0.477 e. The van der Waals surface area contributed by atoms with Gasteiger partial charge in [-0.2, -0.15) is 4.98 Å². The third-order valence-corrected chi connectivity index (χ3v) is 4.93. The maximum atomic E-state index is 11.7. The molecule has 2 aromatic carbocycles. The Morgan fingerprint density at radius 1 is 1.19 bits per heavy atom. The number of anilines is 3. The second kappa shape index (κ2) is 10.4. The molecule has 0 atom stereocenters. The molecule has 1 aliphatic heterocycles. The van der Waals surface area contributed by atoms with Crippen molar-refractivity contribution in [3.63, 3.8) is 0 Å². The van der Waals surface area contributed by atoms with Gasteiger partial charge in [0, 0.05) is 32.1 Å². The molecule has 9 nitrogen and oxygen atoms in total. The van der Waals surface area contributed by atoms with Crippen molar-refractivity contribution in [1.29, 1.82) is 0 Å². The largest absolute Gasteiger partial charge is 0.477 e. The van der Waals surface area contributed by atoms with E-state index in [9.17, 15) is 9.59 Å². The average molecular weight is 435 g/mol. The summed E-state index contributed by atoms with van der Waals surface area (Å²) in [6.45, 7) is 0.786. The smallest absolute Gasteiger partial charge is 0.341 e. The number of hydrogen-bond acceptors (Lipinski definition) is 7. The second-order valence-electron chi connectivity index (χ2n) is 7.29. The highest BCUT2D eigenvalue weighted by atomic mass is 16.4. The standard InChI is InChI=1S/C15H15N5O3.C8H10O/c1-20-7-9-4-10(3-2-8(9)5-12(20)21)18-15-17-6-11(14(22)23)13(16)19-15;9-7-6-8-4-2-1-3-5-8/h2-4,6H,5,7H2,1H3,(H,22,23)(H3,16,17,18,19);1-5,9H,6-7H2. The number of nitrogens with two attached hydrogens (primary N) is 1. The van der Waals surface area contributed by atoms with E-state index in [1.165, 1.54) is 5.56 Å². The van der Waals surface area contributed by atoms with E-state index in [4.69, 9.17) is 15.9 Å². The van der Waals surface area contributed by atoms with Crippen molar-refractivity contribution >= 4 is 29.3 Å². The number of hydrogen-bond donors (Lipinski definition) is 4. The molecule has 1 aromatic heterocycles. The van der Waals surface area contributed by atoms with E-state index < -0.39 is 5.97 Å². The number of aromatic carboxylic acids is 1. The Morgan fingerprint density at radius 2 is 1.94 bits per heavy atom. The number of rotatable bonds is 5. The predicted molar refractivity (Wildman–Crippen MR) is 121 cm³/mol. The summed E-state index contributed by atoms with van der Waals surface area (Å²) in [5.41, 5.74) is 9.45. The van der Waals surface area contributed by atoms with Crippen molar-refractivity contribution in [2.24, 2.45) is 0 Å². The van der Waals surface area contributed by atoms with Crippen LogP contribution in [-0.4, -0.2) is 50.6 Å². The van der Waals surface area contributed by atoms with Crippen molar-refractivity contribution in [3.05, 3.63) is 77.0 Å². The fraction of sp³-hybridized carbons (Fsp3) is 0.217. The molecular weight excluding hydrogens is 410 g/mol. The average Bonchev–Trinajstić information content (AvgIpc) is 2.76. The van der Waals surface area contributed by atoms with E-state index in [0.717, 1.165) is 29.4 Å². The van der Waals surface area contributed by atoms with Crippen LogP contribution in [0.1, 0.15) is 27.0 Å². The highest BCUT2D eigenvalue weighted by Gasteiger charge is 2.20. The first-order valence-electron chi connectivity index (χ1n) is 10.0. The molecule has 1 aliphatic rings. The van der Waals surface area contributed by atoms with Gasteiger partial charge < -0.3 is 26.2 Å². The lowest BCUT2D eigenvalue weighted by Gasteiger charge is -2.25. The summed E-state index contributed by atoms with van der Waals surface area (Å²) >= 11 is 0. The lowest BCUT2D eigenvalue weighted by Crippen LogP contribution is -2.32. The molecule has 2 heterocycles. The normalized spacial score (nSPS) is 12.4. The van der Waals surface area contributed by atoms with Gasteiger partial charge in [0.25, 0.3) is 0 Å². The summed E-state index contributed by atoms with van der Waals surface area (Å²) in [6, 6.07) is 15.6. The number of nitrogens with one attached hydrogen (secondary N) is 1. The van der Waals surface area contributed by atoms with Crippen LogP contribution in [0.3, 0.4) is 0 Å². The summed E-state index contributed by atoms with van der Waals surface area (Å²) < 4.78 is 0. The molecule has 0 saturated carbocycles. The molecule has 0 radical (unpaired) electrons. The number of amides is 1. The number of aromatic nitrogens is 2. The predicted octanol–water partition coefficient (Wildman–Crippen LogP) is 2.24. The quantitative estimate of drug-likeness (QED) is 0.478. The zero-order valence-electron chi connectivity index (χ0n) is 17.7. The summed E-state index contributed by atoms with van der Waals surface area (Å²) in [7, 11) is 1.76. The highest BCUT2D eigenvalue weighted by Crippen LogP contribution is 2.24. The minimum absolute atomic E-state index is 0.0959. The van der Waals surface area contributed by atoms with E-state index in [-0.39, 0.29) is 29.8 Å². The molecule has 0 unspecified atom stereocenters. The van der Waals surface area contributed by atoms with Crippen LogP contribution < -0.4 is 11.1 Å². The van der Waals surface area contributed by atoms with Crippen LogP contribution in [0.5, 0.6) is 0 Å². The molecule has 3 aromatic rings. The first-order chi connectivity index (χ1) is 15.4. The number of carboxylic acids is 1. The first kappa shape index (κ1) is 22.7. The zero-order chi connectivity index (χ0) is 23.1. The molecule has 0 aliphatic carbocycles. The zero-order valence-corrected chi connectivity index (χ0v) is 17.7. The molecule has 0 saturated heterocycles. The van der Waals surface area contributed by atoms with Crippen LogP contribution in [-0.2, 0) is 24.2 Å². The van der Waals surface area contributed by atoms with Gasteiger partial charge in [0.05, 0.1) is 6.42 Å². The third-order valence-electron chi connectivity index (χ3n) is 4.93. The topological polar surface area (TPSA) is 142 Å². The first-order valence-corrected chi connectivity index (χ1v) is 10.0. The molecular formula is C23H25N5O4. The molecule has 166 valence electrons. The van der Waals surface area contributed by atoms with E-state index in [1.54, 1.807) is 11.9 Å². The van der Waals surface area contributed by atoms with Gasteiger partial charge in [-0.05, 0) is 35.2 Å². The van der Waals surface area contributed by atoms with Crippen LogP contribution in [0.4, 0.5) is 17.5 Å². The fourth-order valence-electron chi connectivity index (χ4n) is 3.19. The van der Waals surface area contributed by atoms with Crippen molar-refractivity contribution in [2.45, 2.75) is 19.4 Å². The van der Waals surface area contributed by atoms with Gasteiger partial charge in [-0.3, -0.25) is 4.79 Å². The molecule has 0 bridgehead atoms. The van der Waals surface area contributed by atoms with Gasteiger partial charge >= 0.3 is 5.97 Å². The van der Waals surface area contributed by atoms with Crippen LogP contribution in [0.25, 0.3) is 0 Å². The number of carbonyl (C=O) groups excluding carboxylic acids is 1. The van der Waals surface area contributed by atoms with Gasteiger partial charge in [0.15, 0.2) is 0 Å². The second-order valence-corrected chi connectivity index (χ2v) is 7.29. The van der Waals surface area contributed by atoms with E-state index in [1.807, 2.05) is 48.5 Å². The number of fused-ring (bicyclic) bond motifs is 1. The Kier molecular flexibility index (Phi) is 7.35. The van der Waals surface area contributed by atoms with Crippen LogP contribution in [0.2, 0.25) is 0 Å². The van der Waals surface area contributed by atoms with Crippen LogP contribution >= 0.6 is 0 Å². The molecule has 4 rings (SSSR count). The van der Waals surface area contributed by atoms with Gasteiger partial charge in [-0.1, -0.05) is 36.4 Å². The van der Waals surface area contributed by atoms with E-state index >= 15 is 0 Å². The number of nitrogens with zero attached hydrogens (tertiary/aromatic N) is 3. The Morgan fingerprint density at radius 3 is 2.59 bits per heavy atom. The van der Waals surface area contributed by atoms with Gasteiger partial charge in [0.1, 0.15) is 11.4 Å². The van der Waals surface area contributed by atoms with Crippen LogP contribution in [0, 0.1) is 0 Å². The van der Waals surface area contributed by atoms with E-state index in [2.05, 4.69) is 15.3 Å². The maximum absolute atomic E-state index is 11.7. The summed E-state index contributed by atoms with van der Waals surface area (Å²) in [4.78, 5) is 32.1. The number of carboxylic acid groups (broad SMARTS) is 1. The van der Waals surface area contributed by atoms with Gasteiger partial charge in [-0.15, -0.1) is 0 Å². The van der Waals surface area contributed by atoms with Crippen LogP contribution in [0.15, 0.2) is 54.7 Å². The SMILES string of the molecule is CN1Cc2cc(Nc3ncc(C(=O)O)c(N)n3)ccc2CC1=O.OCCc1ccccc1. The van der Waals surface area contributed by atoms with E-state index in [0.29, 0.717) is 13.0 Å². The number of benzene rings is 2. The molecule has 32 heavy (non-hydrogen) atoms. The summed E-state index contributed by atoms with van der Waals surface area (Å²) in [6.07, 6.45) is 2.32. The van der Waals surface area contributed by atoms with Crippen molar-refractivity contribution in [2.75, 3.05) is 24.7 Å². The molecule has 0 fully saturated rings. The third kappa shape index (κ3) is 5.79. The number of aliphatic hydroxyl groups excluding tert-OH is 1. The minimum atomic E-state index is -1.17. The van der Waals surface area contributed by atoms with Crippen molar-refractivity contribution in [1.82, 2.24) is 14.9 Å². The van der Waals surface area contributed by atoms with Crippen molar-refractivity contribution < 1.29 is 19.8 Å². The van der Waals surface area contributed by atoms with Crippen molar-refractivity contribution in [3.8, 4) is 0 Å². The van der Waals surface area contributed by atoms with Gasteiger partial charge in [0.2, 0.25) is 11.9 Å². The number of nitrogen functional groups attached to an aromatic ring is 1. The summed E-state index contributed by atoms with van der Waals surface area (Å²) in [5.74, 6) is -0.958. The fourth-order valence-corrected chi connectivity index (χ4v) is 3.19. The maximum Gasteiger partial charge on any atom is 0.341 e. The lowest BCUT2D eigenvalue weighted by atomic mass is 9.99. The monoisotopic (exact) mass is 435 g/mol. The Labute approximate surface area is 185 Å². The highest BCUT2D eigenvalue weighted by molar-refractivity contribution is 5.92. The number of carbonyl (C=O) groups is 2. The molecule has 9 heteroatoms.